The third-order valence-electron chi connectivity index (χ3n) is 3.45. The van der Waals surface area contributed by atoms with E-state index in [0.29, 0.717) is 0 Å². The zero-order valence-corrected chi connectivity index (χ0v) is 9.13. The molecule has 0 spiro atoms. The number of hydrogen-bond acceptors (Lipinski definition) is 3. The maximum atomic E-state index is 11.8. The van der Waals surface area contributed by atoms with Gasteiger partial charge in [0.05, 0.1) is 24.0 Å². The molecule has 1 heterocycles. The molecule has 4 nitrogen and oxygen atoms in total. The Labute approximate surface area is 83.9 Å². The first-order valence-electron chi connectivity index (χ1n) is 4.74. The topological polar surface area (TPSA) is 57.6 Å². The van der Waals surface area contributed by atoms with Gasteiger partial charge in [0.1, 0.15) is 0 Å². The largest absolute Gasteiger partial charge is 0.395 e. The smallest absolute Gasteiger partial charge is 0.235 e. The van der Waals surface area contributed by atoms with E-state index in [4.69, 9.17) is 5.11 Å². The lowest BCUT2D eigenvalue weighted by molar-refractivity contribution is -0.141. The zero-order chi connectivity index (χ0) is 11.1. The summed E-state index contributed by atoms with van der Waals surface area (Å²) in [5, 5.41) is 8.76. The molecule has 0 aromatic carbocycles. The molecule has 1 N–H and O–H groups in total. The highest BCUT2D eigenvalue weighted by atomic mass is 16.3. The van der Waals surface area contributed by atoms with Crippen molar-refractivity contribution in [2.75, 3.05) is 13.2 Å². The number of rotatable bonds is 2. The number of β-amino-alcohol motifs (C(OH)–C–C–N with tert-alkyl or cyclic N) is 1. The van der Waals surface area contributed by atoms with Gasteiger partial charge in [-0.1, -0.05) is 0 Å². The zero-order valence-electron chi connectivity index (χ0n) is 9.13. The Kier molecular flexibility index (Phi) is 2.44. The lowest BCUT2D eigenvalue weighted by atomic mass is 9.70. The summed E-state index contributed by atoms with van der Waals surface area (Å²) in [5.41, 5.74) is -1.36. The molecule has 1 aliphatic rings. The number of aliphatic hydroxyl groups excluding tert-OH is 1. The van der Waals surface area contributed by atoms with E-state index in [1.807, 2.05) is 0 Å². The van der Waals surface area contributed by atoms with Crippen molar-refractivity contribution in [3.63, 3.8) is 0 Å². The van der Waals surface area contributed by atoms with Crippen molar-refractivity contribution in [2.45, 2.75) is 27.7 Å². The summed E-state index contributed by atoms with van der Waals surface area (Å²) in [4.78, 5) is 24.8. The summed E-state index contributed by atoms with van der Waals surface area (Å²) >= 11 is 0. The van der Waals surface area contributed by atoms with Crippen LogP contribution in [0, 0.1) is 10.8 Å². The van der Waals surface area contributed by atoms with Crippen molar-refractivity contribution in [3.05, 3.63) is 0 Å². The second kappa shape index (κ2) is 3.05. The molecule has 0 bridgehead atoms. The average Bonchev–Trinajstić information content (AvgIpc) is 2.19. The van der Waals surface area contributed by atoms with Crippen LogP contribution in [0.15, 0.2) is 0 Å². The van der Waals surface area contributed by atoms with E-state index < -0.39 is 10.8 Å². The van der Waals surface area contributed by atoms with Crippen LogP contribution in [0.2, 0.25) is 0 Å². The summed E-state index contributed by atoms with van der Waals surface area (Å²) in [6.45, 7) is 7.00. The number of nitrogens with zero attached hydrogens (tertiary/aromatic N) is 1. The molecule has 1 saturated heterocycles. The Balaban J connectivity index is 3.09. The lowest BCUT2D eigenvalue weighted by Gasteiger charge is -2.28. The Morgan fingerprint density at radius 1 is 1.07 bits per heavy atom. The van der Waals surface area contributed by atoms with Gasteiger partial charge in [0.25, 0.3) is 0 Å². The number of imide groups is 1. The summed E-state index contributed by atoms with van der Waals surface area (Å²) < 4.78 is 0. The molecule has 0 atom stereocenters. The Hall–Kier alpha value is -0.900. The molecule has 0 aliphatic carbocycles. The fourth-order valence-corrected chi connectivity index (χ4v) is 1.60. The van der Waals surface area contributed by atoms with Crippen molar-refractivity contribution in [2.24, 2.45) is 10.8 Å². The number of carbonyl (C=O) groups excluding carboxylic acids is 2. The van der Waals surface area contributed by atoms with Crippen LogP contribution >= 0.6 is 0 Å². The van der Waals surface area contributed by atoms with E-state index in [0.717, 1.165) is 4.90 Å². The normalized spacial score (nSPS) is 24.5. The van der Waals surface area contributed by atoms with Crippen LogP contribution in [-0.2, 0) is 9.59 Å². The van der Waals surface area contributed by atoms with Gasteiger partial charge >= 0.3 is 0 Å². The maximum Gasteiger partial charge on any atom is 0.235 e. The van der Waals surface area contributed by atoms with Gasteiger partial charge in [-0.2, -0.15) is 0 Å². The Morgan fingerprint density at radius 2 is 1.43 bits per heavy atom. The first kappa shape index (κ1) is 11.2. The minimum atomic E-state index is -0.681. The molecule has 0 aromatic heterocycles. The Morgan fingerprint density at radius 3 is 1.71 bits per heavy atom. The summed E-state index contributed by atoms with van der Waals surface area (Å²) in [6.07, 6.45) is 0. The van der Waals surface area contributed by atoms with Gasteiger partial charge in [-0.15, -0.1) is 0 Å². The molecule has 4 heteroatoms. The van der Waals surface area contributed by atoms with E-state index in [2.05, 4.69) is 0 Å². The predicted octanol–water partition coefficient (Wildman–Crippen LogP) is 0.400. The van der Waals surface area contributed by atoms with Crippen molar-refractivity contribution < 1.29 is 14.7 Å². The van der Waals surface area contributed by atoms with Gasteiger partial charge in [0.15, 0.2) is 0 Å². The highest BCUT2D eigenvalue weighted by Gasteiger charge is 2.58. The molecule has 0 unspecified atom stereocenters. The summed E-state index contributed by atoms with van der Waals surface area (Å²) in [6, 6.07) is 0. The van der Waals surface area contributed by atoms with Crippen molar-refractivity contribution in [1.82, 2.24) is 4.90 Å². The van der Waals surface area contributed by atoms with Crippen LogP contribution in [0.5, 0.6) is 0 Å². The number of likely N-dealkylation sites (tertiary alicyclic amines) is 1. The van der Waals surface area contributed by atoms with Gasteiger partial charge in [-0.25, -0.2) is 0 Å². The third-order valence-corrected chi connectivity index (χ3v) is 3.45. The monoisotopic (exact) mass is 199 g/mol. The van der Waals surface area contributed by atoms with Crippen LogP contribution in [0.1, 0.15) is 27.7 Å². The van der Waals surface area contributed by atoms with Gasteiger partial charge < -0.3 is 5.11 Å². The van der Waals surface area contributed by atoms with Gasteiger partial charge in [-0.05, 0) is 27.7 Å². The van der Waals surface area contributed by atoms with Crippen LogP contribution in [0.4, 0.5) is 0 Å². The molecule has 0 radical (unpaired) electrons. The first-order chi connectivity index (χ1) is 6.26. The fraction of sp³-hybridized carbons (Fsp3) is 0.800. The summed E-state index contributed by atoms with van der Waals surface area (Å²) in [5.74, 6) is -0.386. The summed E-state index contributed by atoms with van der Waals surface area (Å²) in [7, 11) is 0. The van der Waals surface area contributed by atoms with Gasteiger partial charge in [0.2, 0.25) is 11.8 Å². The van der Waals surface area contributed by atoms with Crippen molar-refractivity contribution in [1.29, 1.82) is 0 Å². The predicted molar refractivity (Wildman–Crippen MR) is 51.4 cm³/mol. The highest BCUT2D eigenvalue weighted by molar-refractivity contribution is 6.08. The second-order valence-corrected chi connectivity index (χ2v) is 4.74. The van der Waals surface area contributed by atoms with Gasteiger partial charge in [0, 0.05) is 0 Å². The lowest BCUT2D eigenvalue weighted by Crippen LogP contribution is -2.35. The molecular formula is C10H17NO3. The SMILES string of the molecule is CC1(C)C(=O)N(CCO)C(=O)C1(C)C. The minimum absolute atomic E-state index is 0.102. The molecular weight excluding hydrogens is 182 g/mol. The third kappa shape index (κ3) is 1.17. The Bertz CT molecular complexity index is 255. The fourth-order valence-electron chi connectivity index (χ4n) is 1.60. The number of aliphatic hydroxyl groups is 1. The molecule has 1 aliphatic heterocycles. The first-order valence-corrected chi connectivity index (χ1v) is 4.74. The van der Waals surface area contributed by atoms with Gasteiger partial charge in [-0.3, -0.25) is 14.5 Å². The number of hydrogen-bond donors (Lipinski definition) is 1. The van der Waals surface area contributed by atoms with E-state index >= 15 is 0 Å². The number of amides is 2. The van der Waals surface area contributed by atoms with Crippen LogP contribution in [0.25, 0.3) is 0 Å². The molecule has 1 fully saturated rings. The molecule has 80 valence electrons. The molecule has 0 saturated carbocycles. The highest BCUT2D eigenvalue weighted by Crippen LogP contribution is 2.46. The van der Waals surface area contributed by atoms with E-state index in [1.54, 1.807) is 27.7 Å². The maximum absolute atomic E-state index is 11.8. The molecule has 1 rings (SSSR count). The minimum Gasteiger partial charge on any atom is -0.395 e. The second-order valence-electron chi connectivity index (χ2n) is 4.74. The molecule has 14 heavy (non-hydrogen) atoms. The van der Waals surface area contributed by atoms with Crippen LogP contribution < -0.4 is 0 Å². The number of carbonyl (C=O) groups is 2. The quantitative estimate of drug-likeness (QED) is 0.655. The van der Waals surface area contributed by atoms with E-state index in [-0.39, 0.29) is 25.0 Å². The van der Waals surface area contributed by atoms with E-state index in [9.17, 15) is 9.59 Å². The van der Waals surface area contributed by atoms with Crippen molar-refractivity contribution >= 4 is 11.8 Å². The standard InChI is InChI=1S/C10H17NO3/c1-9(2)7(13)11(5-6-12)8(14)10(9,3)4/h12H,5-6H2,1-4H3. The van der Waals surface area contributed by atoms with E-state index in [1.165, 1.54) is 0 Å². The molecule has 0 aromatic rings. The van der Waals surface area contributed by atoms with Crippen molar-refractivity contribution in [3.8, 4) is 0 Å². The molecule has 2 amide bonds. The van der Waals surface area contributed by atoms with Crippen LogP contribution in [0.3, 0.4) is 0 Å². The van der Waals surface area contributed by atoms with Crippen LogP contribution in [-0.4, -0.2) is 35.0 Å². The average molecular weight is 199 g/mol.